The standard InChI is InChI=1S/C15H13ClF3NO3S/c1-9-3-6-13(23-2)12(7-9)20-24(21,22)14-8-10(15(17,18)19)4-5-11(14)16/h3-8,20H,1-2H3. The van der Waals surface area contributed by atoms with E-state index in [1.165, 1.54) is 13.2 Å². The van der Waals surface area contributed by atoms with E-state index in [0.717, 1.165) is 11.6 Å². The van der Waals surface area contributed by atoms with Crippen LogP contribution in [-0.2, 0) is 16.2 Å². The van der Waals surface area contributed by atoms with Gasteiger partial charge in [-0.25, -0.2) is 8.42 Å². The van der Waals surface area contributed by atoms with Crippen LogP contribution in [0, 0.1) is 6.92 Å². The molecule has 2 aromatic rings. The van der Waals surface area contributed by atoms with Gasteiger partial charge in [0, 0.05) is 0 Å². The maximum Gasteiger partial charge on any atom is 0.416 e. The van der Waals surface area contributed by atoms with E-state index in [1.54, 1.807) is 19.1 Å². The number of rotatable bonds is 4. The molecule has 0 amide bonds. The lowest BCUT2D eigenvalue weighted by Gasteiger charge is -2.15. The first-order valence-corrected chi connectivity index (χ1v) is 8.45. The van der Waals surface area contributed by atoms with Gasteiger partial charge in [-0.3, -0.25) is 4.72 Å². The molecule has 2 rings (SSSR count). The molecule has 0 spiro atoms. The quantitative estimate of drug-likeness (QED) is 0.852. The number of nitrogens with one attached hydrogen (secondary N) is 1. The Balaban J connectivity index is 2.50. The Bertz CT molecular complexity index is 867. The third-order valence-corrected chi connectivity index (χ3v) is 4.99. The maximum absolute atomic E-state index is 12.8. The first-order valence-electron chi connectivity index (χ1n) is 6.59. The largest absolute Gasteiger partial charge is 0.495 e. The van der Waals surface area contributed by atoms with Crippen LogP contribution in [0.3, 0.4) is 0 Å². The fourth-order valence-corrected chi connectivity index (χ4v) is 3.58. The number of hydrogen-bond acceptors (Lipinski definition) is 3. The molecule has 0 bridgehead atoms. The lowest BCUT2D eigenvalue weighted by atomic mass is 10.2. The van der Waals surface area contributed by atoms with Crippen LogP contribution in [0.5, 0.6) is 5.75 Å². The molecular weight excluding hydrogens is 367 g/mol. The molecule has 0 fully saturated rings. The van der Waals surface area contributed by atoms with Crippen LogP contribution in [0.15, 0.2) is 41.3 Å². The first kappa shape index (κ1) is 18.4. The molecule has 24 heavy (non-hydrogen) atoms. The highest BCUT2D eigenvalue weighted by Gasteiger charge is 2.33. The van der Waals surface area contributed by atoms with E-state index in [9.17, 15) is 21.6 Å². The Labute approximate surface area is 142 Å². The predicted molar refractivity (Wildman–Crippen MR) is 85.0 cm³/mol. The van der Waals surface area contributed by atoms with Gasteiger partial charge in [0.15, 0.2) is 0 Å². The van der Waals surface area contributed by atoms with Gasteiger partial charge in [0.25, 0.3) is 10.0 Å². The van der Waals surface area contributed by atoms with E-state index in [4.69, 9.17) is 16.3 Å². The molecule has 2 aromatic carbocycles. The fraction of sp³-hybridized carbons (Fsp3) is 0.200. The topological polar surface area (TPSA) is 55.4 Å². The highest BCUT2D eigenvalue weighted by Crippen LogP contribution is 2.35. The van der Waals surface area contributed by atoms with E-state index < -0.39 is 26.7 Å². The van der Waals surface area contributed by atoms with Gasteiger partial charge in [0.05, 0.1) is 23.4 Å². The molecule has 1 N–H and O–H groups in total. The summed E-state index contributed by atoms with van der Waals surface area (Å²) < 4.78 is 70.6. The summed E-state index contributed by atoms with van der Waals surface area (Å²) >= 11 is 5.78. The summed E-state index contributed by atoms with van der Waals surface area (Å²) in [5.41, 5.74) is -0.266. The number of sulfonamides is 1. The monoisotopic (exact) mass is 379 g/mol. The van der Waals surface area contributed by atoms with Crippen LogP contribution in [0.1, 0.15) is 11.1 Å². The van der Waals surface area contributed by atoms with Gasteiger partial charge >= 0.3 is 6.18 Å². The second-order valence-corrected chi connectivity index (χ2v) is 7.01. The minimum absolute atomic E-state index is 0.103. The van der Waals surface area contributed by atoms with E-state index >= 15 is 0 Å². The van der Waals surface area contributed by atoms with Gasteiger partial charge in [-0.1, -0.05) is 17.7 Å². The average molecular weight is 380 g/mol. The summed E-state index contributed by atoms with van der Waals surface area (Å²) in [5, 5.41) is -0.317. The highest BCUT2D eigenvalue weighted by molar-refractivity contribution is 7.92. The van der Waals surface area contributed by atoms with Crippen molar-refractivity contribution in [2.75, 3.05) is 11.8 Å². The van der Waals surface area contributed by atoms with Gasteiger partial charge < -0.3 is 4.74 Å². The van der Waals surface area contributed by atoms with Crippen LogP contribution in [0.25, 0.3) is 0 Å². The van der Waals surface area contributed by atoms with Crippen molar-refractivity contribution in [3.05, 3.63) is 52.5 Å². The van der Waals surface area contributed by atoms with Crippen LogP contribution >= 0.6 is 11.6 Å². The zero-order valence-electron chi connectivity index (χ0n) is 12.6. The Kier molecular flexibility index (Phi) is 5.00. The third-order valence-electron chi connectivity index (χ3n) is 3.15. The molecular formula is C15H13ClF3NO3S. The van der Waals surface area contributed by atoms with Gasteiger partial charge in [0.1, 0.15) is 10.6 Å². The molecule has 9 heteroatoms. The Morgan fingerprint density at radius 3 is 2.38 bits per heavy atom. The van der Waals surface area contributed by atoms with Crippen molar-refractivity contribution < 1.29 is 26.3 Å². The fourth-order valence-electron chi connectivity index (χ4n) is 1.99. The number of halogens is 4. The molecule has 130 valence electrons. The van der Waals surface area contributed by atoms with Crippen molar-refractivity contribution in [2.45, 2.75) is 18.0 Å². The Hall–Kier alpha value is -1.93. The van der Waals surface area contributed by atoms with E-state index in [1.807, 2.05) is 0 Å². The normalized spacial score (nSPS) is 12.1. The van der Waals surface area contributed by atoms with Crippen LogP contribution < -0.4 is 9.46 Å². The minimum Gasteiger partial charge on any atom is -0.495 e. The first-order chi connectivity index (χ1) is 11.0. The molecule has 0 saturated carbocycles. The van der Waals surface area contributed by atoms with Crippen LogP contribution in [-0.4, -0.2) is 15.5 Å². The molecule has 0 heterocycles. The van der Waals surface area contributed by atoms with Gasteiger partial charge in [0.2, 0.25) is 0 Å². The zero-order valence-corrected chi connectivity index (χ0v) is 14.2. The maximum atomic E-state index is 12.8. The third kappa shape index (κ3) is 3.93. The van der Waals surface area contributed by atoms with Crippen molar-refractivity contribution in [1.29, 1.82) is 0 Å². The number of methoxy groups -OCH3 is 1. The predicted octanol–water partition coefficient (Wildman–Crippen LogP) is 4.48. The molecule has 0 aromatic heterocycles. The molecule has 4 nitrogen and oxygen atoms in total. The molecule has 0 aliphatic heterocycles. The van der Waals surface area contributed by atoms with Crippen molar-refractivity contribution in [3.8, 4) is 5.75 Å². The summed E-state index contributed by atoms with van der Waals surface area (Å²) in [4.78, 5) is -0.664. The molecule has 0 aliphatic rings. The Morgan fingerprint density at radius 2 is 1.79 bits per heavy atom. The summed E-state index contributed by atoms with van der Waals surface area (Å²) in [6.07, 6.45) is -4.68. The second-order valence-electron chi connectivity index (χ2n) is 4.95. The Morgan fingerprint density at radius 1 is 1.12 bits per heavy atom. The number of benzene rings is 2. The summed E-state index contributed by atoms with van der Waals surface area (Å²) in [7, 11) is -2.99. The number of hydrogen-bond donors (Lipinski definition) is 1. The summed E-state index contributed by atoms with van der Waals surface area (Å²) in [6, 6.07) is 6.85. The molecule has 0 saturated heterocycles. The summed E-state index contributed by atoms with van der Waals surface area (Å²) in [6.45, 7) is 1.73. The minimum atomic E-state index is -4.68. The molecule has 0 radical (unpaired) electrons. The van der Waals surface area contributed by atoms with Crippen molar-refractivity contribution in [1.82, 2.24) is 0 Å². The van der Waals surface area contributed by atoms with Gasteiger partial charge in [-0.15, -0.1) is 0 Å². The van der Waals surface area contributed by atoms with Gasteiger partial charge in [-0.05, 0) is 42.8 Å². The second kappa shape index (κ2) is 6.52. The molecule has 0 unspecified atom stereocenters. The van der Waals surface area contributed by atoms with E-state index in [-0.39, 0.29) is 16.5 Å². The van der Waals surface area contributed by atoms with E-state index in [0.29, 0.717) is 12.1 Å². The number of anilines is 1. The average Bonchev–Trinajstić information content (AvgIpc) is 2.46. The van der Waals surface area contributed by atoms with Crippen LogP contribution in [0.2, 0.25) is 5.02 Å². The van der Waals surface area contributed by atoms with Gasteiger partial charge in [-0.2, -0.15) is 13.2 Å². The summed E-state index contributed by atoms with van der Waals surface area (Å²) in [5.74, 6) is 0.229. The van der Waals surface area contributed by atoms with Crippen molar-refractivity contribution in [2.24, 2.45) is 0 Å². The molecule has 0 atom stereocenters. The lowest BCUT2D eigenvalue weighted by molar-refractivity contribution is -0.137. The number of ether oxygens (including phenoxy) is 1. The van der Waals surface area contributed by atoms with Crippen LogP contribution in [0.4, 0.5) is 18.9 Å². The SMILES string of the molecule is COc1ccc(C)cc1NS(=O)(=O)c1cc(C(F)(F)F)ccc1Cl. The van der Waals surface area contributed by atoms with Crippen molar-refractivity contribution >= 4 is 27.3 Å². The zero-order chi connectivity index (χ0) is 18.1. The smallest absolute Gasteiger partial charge is 0.416 e. The lowest BCUT2D eigenvalue weighted by Crippen LogP contribution is -2.16. The van der Waals surface area contributed by atoms with E-state index in [2.05, 4.69) is 4.72 Å². The van der Waals surface area contributed by atoms with Crippen molar-refractivity contribution in [3.63, 3.8) is 0 Å². The molecule has 0 aliphatic carbocycles. The number of aryl methyl sites for hydroxylation is 1. The number of alkyl halides is 3. The highest BCUT2D eigenvalue weighted by atomic mass is 35.5.